The van der Waals surface area contributed by atoms with Gasteiger partial charge in [-0.3, -0.25) is 4.79 Å². The van der Waals surface area contributed by atoms with Gasteiger partial charge < -0.3 is 10.2 Å². The van der Waals surface area contributed by atoms with Crippen molar-refractivity contribution in [2.24, 2.45) is 5.92 Å². The fourth-order valence-electron chi connectivity index (χ4n) is 3.82. The number of tetrazole rings is 1. The van der Waals surface area contributed by atoms with Crippen LogP contribution in [0.1, 0.15) is 42.5 Å². The second kappa shape index (κ2) is 6.23. The molecule has 0 aromatic carbocycles. The molecule has 2 fully saturated rings. The van der Waals surface area contributed by atoms with Gasteiger partial charge in [-0.25, -0.2) is 0 Å². The van der Waals surface area contributed by atoms with E-state index in [0.29, 0.717) is 11.2 Å². The number of carbonyl (C=O) groups excluding carboxylic acids is 1. The molecule has 1 saturated heterocycles. The van der Waals surface area contributed by atoms with Crippen molar-refractivity contribution in [1.82, 2.24) is 30.3 Å². The largest absolute Gasteiger partial charge is 0.348 e. The first-order valence-electron chi connectivity index (χ1n) is 8.49. The predicted octanol–water partition coefficient (Wildman–Crippen LogP) is 1.12. The zero-order valence-electron chi connectivity index (χ0n) is 13.2. The topological polar surface area (TPSA) is 75.4 Å². The maximum Gasteiger partial charge on any atom is 0.253 e. The summed E-state index contributed by atoms with van der Waals surface area (Å²) in [6.45, 7) is 3.26. The van der Waals surface area contributed by atoms with Gasteiger partial charge in [-0.1, -0.05) is 12.8 Å². The highest BCUT2D eigenvalue weighted by atomic mass is 16.1. The molecule has 1 amide bonds. The second-order valence-corrected chi connectivity index (χ2v) is 6.77. The third kappa shape index (κ3) is 3.19. The molecule has 2 aromatic heterocycles. The molecule has 1 N–H and O–H groups in total. The number of aromatic nitrogens is 4. The van der Waals surface area contributed by atoms with E-state index in [-0.39, 0.29) is 11.9 Å². The number of nitrogens with zero attached hydrogens (tertiary/aromatic N) is 5. The fraction of sp³-hybridized carbons (Fsp3) is 0.625. The molecule has 1 aliphatic carbocycles. The lowest BCUT2D eigenvalue weighted by atomic mass is 10.1. The number of pyridine rings is 1. The SMILES string of the molecule is O=C(NC1CCN(CC2CCCC2)C1)c1ccc2nnnn2c1. The number of hydrogen-bond donors (Lipinski definition) is 1. The normalized spacial score (nSPS) is 22.9. The molecule has 7 nitrogen and oxygen atoms in total. The highest BCUT2D eigenvalue weighted by Gasteiger charge is 2.27. The number of amides is 1. The van der Waals surface area contributed by atoms with E-state index >= 15 is 0 Å². The van der Waals surface area contributed by atoms with Gasteiger partial charge in [0, 0.05) is 31.9 Å². The average Bonchev–Trinajstić information content (AvgIpc) is 3.28. The summed E-state index contributed by atoms with van der Waals surface area (Å²) in [7, 11) is 0. The average molecular weight is 314 g/mol. The van der Waals surface area contributed by atoms with Crippen LogP contribution in [0.25, 0.3) is 5.65 Å². The molecular weight excluding hydrogens is 292 g/mol. The molecule has 1 unspecified atom stereocenters. The molecule has 1 aliphatic heterocycles. The molecule has 23 heavy (non-hydrogen) atoms. The molecule has 2 aromatic rings. The lowest BCUT2D eigenvalue weighted by Gasteiger charge is -2.20. The number of hydrogen-bond acceptors (Lipinski definition) is 5. The van der Waals surface area contributed by atoms with Gasteiger partial charge >= 0.3 is 0 Å². The predicted molar refractivity (Wildman–Crippen MR) is 85.1 cm³/mol. The van der Waals surface area contributed by atoms with Crippen molar-refractivity contribution >= 4 is 11.6 Å². The zero-order valence-corrected chi connectivity index (χ0v) is 13.2. The third-order valence-electron chi connectivity index (χ3n) is 5.05. The molecule has 0 radical (unpaired) electrons. The van der Waals surface area contributed by atoms with Crippen molar-refractivity contribution in [3.05, 3.63) is 23.9 Å². The Morgan fingerprint density at radius 1 is 1.26 bits per heavy atom. The van der Waals surface area contributed by atoms with E-state index in [9.17, 15) is 4.79 Å². The van der Waals surface area contributed by atoms with E-state index < -0.39 is 0 Å². The molecule has 1 atom stereocenters. The molecule has 0 spiro atoms. The Hall–Kier alpha value is -2.02. The Kier molecular flexibility index (Phi) is 3.95. The molecule has 1 saturated carbocycles. The van der Waals surface area contributed by atoms with Crippen LogP contribution in [0.4, 0.5) is 0 Å². The van der Waals surface area contributed by atoms with E-state index in [4.69, 9.17) is 0 Å². The van der Waals surface area contributed by atoms with Crippen LogP contribution in [0.3, 0.4) is 0 Å². The van der Waals surface area contributed by atoms with Crippen molar-refractivity contribution in [1.29, 1.82) is 0 Å². The van der Waals surface area contributed by atoms with Gasteiger partial charge in [-0.2, -0.15) is 4.52 Å². The minimum absolute atomic E-state index is 0.0462. The first-order chi connectivity index (χ1) is 11.3. The molecular formula is C16H22N6O. The Bertz CT molecular complexity index is 693. The summed E-state index contributed by atoms with van der Waals surface area (Å²) in [6.07, 6.45) is 8.23. The van der Waals surface area contributed by atoms with Gasteiger partial charge in [-0.05, 0) is 47.7 Å². The zero-order chi connectivity index (χ0) is 15.6. The van der Waals surface area contributed by atoms with Gasteiger partial charge in [0.15, 0.2) is 5.65 Å². The highest BCUT2D eigenvalue weighted by Crippen LogP contribution is 2.26. The van der Waals surface area contributed by atoms with Crippen LogP contribution in [-0.4, -0.2) is 56.5 Å². The summed E-state index contributed by atoms with van der Waals surface area (Å²) >= 11 is 0. The van der Waals surface area contributed by atoms with Crippen molar-refractivity contribution in [2.75, 3.05) is 19.6 Å². The molecule has 4 rings (SSSR count). The highest BCUT2D eigenvalue weighted by molar-refractivity contribution is 5.94. The van der Waals surface area contributed by atoms with Gasteiger partial charge in [0.25, 0.3) is 5.91 Å². The van der Waals surface area contributed by atoms with E-state index in [1.807, 2.05) is 0 Å². The number of nitrogens with one attached hydrogen (secondary N) is 1. The van der Waals surface area contributed by atoms with Gasteiger partial charge in [0.05, 0.1) is 5.56 Å². The minimum atomic E-state index is -0.0462. The smallest absolute Gasteiger partial charge is 0.253 e. The quantitative estimate of drug-likeness (QED) is 0.915. The van der Waals surface area contributed by atoms with Crippen molar-refractivity contribution in [2.45, 2.75) is 38.1 Å². The Balaban J connectivity index is 1.33. The van der Waals surface area contributed by atoms with Crippen LogP contribution < -0.4 is 5.32 Å². The van der Waals surface area contributed by atoms with Gasteiger partial charge in [0.1, 0.15) is 0 Å². The van der Waals surface area contributed by atoms with Crippen molar-refractivity contribution in [3.63, 3.8) is 0 Å². The first-order valence-corrected chi connectivity index (χ1v) is 8.49. The lowest BCUT2D eigenvalue weighted by Crippen LogP contribution is -2.37. The van der Waals surface area contributed by atoms with Crippen LogP contribution in [0.15, 0.2) is 18.3 Å². The van der Waals surface area contributed by atoms with E-state index in [2.05, 4.69) is 25.7 Å². The number of carbonyl (C=O) groups is 1. The summed E-state index contributed by atoms with van der Waals surface area (Å²) in [6, 6.07) is 3.77. The number of rotatable bonds is 4. The third-order valence-corrected chi connectivity index (χ3v) is 5.05. The summed E-state index contributed by atoms with van der Waals surface area (Å²) in [5.74, 6) is 0.821. The van der Waals surface area contributed by atoms with Gasteiger partial charge in [-0.15, -0.1) is 5.10 Å². The van der Waals surface area contributed by atoms with Crippen LogP contribution >= 0.6 is 0 Å². The summed E-state index contributed by atoms with van der Waals surface area (Å²) in [5, 5.41) is 14.4. The van der Waals surface area contributed by atoms with Crippen molar-refractivity contribution in [3.8, 4) is 0 Å². The Morgan fingerprint density at radius 2 is 2.13 bits per heavy atom. The van der Waals surface area contributed by atoms with Crippen molar-refractivity contribution < 1.29 is 4.79 Å². The molecule has 0 bridgehead atoms. The van der Waals surface area contributed by atoms with Crippen LogP contribution in [0.5, 0.6) is 0 Å². The molecule has 7 heteroatoms. The summed E-state index contributed by atoms with van der Waals surface area (Å²) < 4.78 is 1.52. The van der Waals surface area contributed by atoms with E-state index in [1.54, 1.807) is 18.3 Å². The molecule has 122 valence electrons. The monoisotopic (exact) mass is 314 g/mol. The Morgan fingerprint density at radius 3 is 3.00 bits per heavy atom. The first kappa shape index (κ1) is 14.6. The maximum absolute atomic E-state index is 12.4. The van der Waals surface area contributed by atoms with E-state index in [0.717, 1.165) is 25.4 Å². The maximum atomic E-state index is 12.4. The fourth-order valence-corrected chi connectivity index (χ4v) is 3.82. The number of fused-ring (bicyclic) bond motifs is 1. The van der Waals surface area contributed by atoms with Crippen LogP contribution in [0, 0.1) is 5.92 Å². The van der Waals surface area contributed by atoms with Crippen LogP contribution in [-0.2, 0) is 0 Å². The molecule has 3 heterocycles. The number of likely N-dealkylation sites (tertiary alicyclic amines) is 1. The second-order valence-electron chi connectivity index (χ2n) is 6.77. The van der Waals surface area contributed by atoms with Gasteiger partial charge in [0.2, 0.25) is 0 Å². The lowest BCUT2D eigenvalue weighted by molar-refractivity contribution is 0.0937. The summed E-state index contributed by atoms with van der Waals surface area (Å²) in [4.78, 5) is 14.9. The van der Waals surface area contributed by atoms with Crippen LogP contribution in [0.2, 0.25) is 0 Å². The minimum Gasteiger partial charge on any atom is -0.348 e. The molecule has 2 aliphatic rings. The van der Waals surface area contributed by atoms with E-state index in [1.165, 1.54) is 36.7 Å². The Labute approximate surface area is 135 Å². The standard InChI is InChI=1S/C16H22N6O/c23-16(13-5-6-15-18-19-20-22(15)10-13)17-14-7-8-21(11-14)9-12-3-1-2-4-12/h5-6,10,12,14H,1-4,7-9,11H2,(H,17,23). The summed E-state index contributed by atoms with van der Waals surface area (Å²) in [5.41, 5.74) is 1.24.